The normalized spacial score (nSPS) is 30.1. The second kappa shape index (κ2) is 5.25. The molecule has 146 valence electrons. The second-order valence-corrected chi connectivity index (χ2v) is 7.39. The molecule has 0 N–H and O–H groups in total. The van der Waals surface area contributed by atoms with Crippen LogP contribution in [0.1, 0.15) is 38.3 Å². The molecule has 7 heteroatoms. The summed E-state index contributed by atoms with van der Waals surface area (Å²) in [6, 6.07) is 8.66. The summed E-state index contributed by atoms with van der Waals surface area (Å²) in [5.41, 5.74) is 1.79. The van der Waals surface area contributed by atoms with E-state index in [0.29, 0.717) is 39.5 Å². The number of benzene rings is 2. The first-order valence-corrected chi connectivity index (χ1v) is 9.26. The lowest BCUT2D eigenvalue weighted by atomic mass is 9.78. The van der Waals surface area contributed by atoms with Crippen molar-refractivity contribution in [2.24, 2.45) is 0 Å². The summed E-state index contributed by atoms with van der Waals surface area (Å²) in [6.07, 6.45) is 2.42. The highest BCUT2D eigenvalue weighted by molar-refractivity contribution is 6.10. The zero-order valence-electron chi connectivity index (χ0n) is 15.7. The monoisotopic (exact) mass is 392 g/mol. The average Bonchev–Trinajstić information content (AvgIpc) is 2.73. The Kier molecular flexibility index (Phi) is 3.04. The first-order chi connectivity index (χ1) is 14.0. The largest absolute Gasteiger partial charge is 0.496 e. The van der Waals surface area contributed by atoms with Crippen molar-refractivity contribution in [1.29, 1.82) is 0 Å². The lowest BCUT2D eigenvalue weighted by Gasteiger charge is -2.55. The van der Waals surface area contributed by atoms with Crippen LogP contribution in [0.15, 0.2) is 42.5 Å². The maximum atomic E-state index is 12.7. The van der Waals surface area contributed by atoms with Gasteiger partial charge in [0.1, 0.15) is 23.4 Å². The average molecular weight is 392 g/mol. The SMILES string of the molecule is COc1ccc2c3c1C(=O)C=C[C@]31Oc3cccc4c3[C@](O2)(O1)[C@H](OC)CC4=O. The minimum absolute atomic E-state index is 0.0679. The number of allylic oxidation sites excluding steroid dienone is 1. The fourth-order valence-corrected chi connectivity index (χ4v) is 4.78. The molecular weight excluding hydrogens is 376 g/mol. The van der Waals surface area contributed by atoms with Gasteiger partial charge in [-0.3, -0.25) is 14.3 Å². The van der Waals surface area contributed by atoms with Gasteiger partial charge in [-0.15, -0.1) is 0 Å². The molecule has 0 saturated carbocycles. The maximum absolute atomic E-state index is 12.7. The van der Waals surface area contributed by atoms with Gasteiger partial charge in [0.2, 0.25) is 0 Å². The Morgan fingerprint density at radius 3 is 2.66 bits per heavy atom. The van der Waals surface area contributed by atoms with Gasteiger partial charge in [-0.2, -0.15) is 0 Å². The number of hydrogen-bond donors (Lipinski definition) is 0. The number of ether oxygens (including phenoxy) is 5. The molecule has 0 unspecified atom stereocenters. The quantitative estimate of drug-likeness (QED) is 0.777. The van der Waals surface area contributed by atoms with Crippen LogP contribution in [-0.4, -0.2) is 31.9 Å². The second-order valence-electron chi connectivity index (χ2n) is 7.39. The van der Waals surface area contributed by atoms with Crippen molar-refractivity contribution in [1.82, 2.24) is 0 Å². The summed E-state index contributed by atoms with van der Waals surface area (Å²) in [5.74, 6) is -1.76. The van der Waals surface area contributed by atoms with Gasteiger partial charge in [0, 0.05) is 19.1 Å². The third-order valence-electron chi connectivity index (χ3n) is 5.98. The molecule has 2 bridgehead atoms. The first kappa shape index (κ1) is 16.8. The molecule has 0 amide bonds. The summed E-state index contributed by atoms with van der Waals surface area (Å²) >= 11 is 0. The fourth-order valence-electron chi connectivity index (χ4n) is 4.78. The van der Waals surface area contributed by atoms with Gasteiger partial charge in [0.15, 0.2) is 11.6 Å². The van der Waals surface area contributed by atoms with Crippen LogP contribution >= 0.6 is 0 Å². The van der Waals surface area contributed by atoms with E-state index in [1.807, 2.05) is 0 Å². The van der Waals surface area contributed by atoms with Crippen molar-refractivity contribution in [2.45, 2.75) is 24.1 Å². The maximum Gasteiger partial charge on any atom is 0.272 e. The van der Waals surface area contributed by atoms with E-state index in [2.05, 4.69) is 0 Å². The summed E-state index contributed by atoms with van der Waals surface area (Å²) in [5, 5.41) is 0. The number of methoxy groups -OCH3 is 2. The van der Waals surface area contributed by atoms with Crippen molar-refractivity contribution < 1.29 is 33.3 Å². The van der Waals surface area contributed by atoms with Crippen molar-refractivity contribution in [3.05, 3.63) is 64.7 Å². The molecular formula is C22H16O7. The van der Waals surface area contributed by atoms with E-state index in [1.165, 1.54) is 20.3 Å². The minimum atomic E-state index is -1.39. The molecule has 2 heterocycles. The van der Waals surface area contributed by atoms with Crippen LogP contribution in [0, 0.1) is 0 Å². The van der Waals surface area contributed by atoms with E-state index in [1.54, 1.807) is 36.4 Å². The van der Waals surface area contributed by atoms with E-state index in [9.17, 15) is 9.59 Å². The summed E-state index contributed by atoms with van der Waals surface area (Å²) < 4.78 is 30.3. The molecule has 0 fully saturated rings. The van der Waals surface area contributed by atoms with Crippen LogP contribution in [0.2, 0.25) is 0 Å². The Morgan fingerprint density at radius 1 is 1.03 bits per heavy atom. The van der Waals surface area contributed by atoms with Crippen LogP contribution < -0.4 is 14.2 Å². The van der Waals surface area contributed by atoms with Gasteiger partial charge in [-0.1, -0.05) is 12.1 Å². The molecule has 3 atom stereocenters. The topological polar surface area (TPSA) is 80.3 Å². The molecule has 2 aromatic carbocycles. The van der Waals surface area contributed by atoms with E-state index in [-0.39, 0.29) is 18.0 Å². The minimum Gasteiger partial charge on any atom is -0.496 e. The number of carbonyl (C=O) groups excluding carboxylic acids is 2. The molecule has 2 aliphatic carbocycles. The smallest absolute Gasteiger partial charge is 0.272 e. The Morgan fingerprint density at radius 2 is 1.86 bits per heavy atom. The van der Waals surface area contributed by atoms with Gasteiger partial charge >= 0.3 is 0 Å². The van der Waals surface area contributed by atoms with Crippen LogP contribution in [0.5, 0.6) is 17.2 Å². The Balaban J connectivity index is 1.71. The number of rotatable bonds is 2. The molecule has 2 aliphatic heterocycles. The van der Waals surface area contributed by atoms with Crippen LogP contribution in [0.4, 0.5) is 0 Å². The lowest BCUT2D eigenvalue weighted by Crippen LogP contribution is -2.63. The molecule has 0 saturated heterocycles. The van der Waals surface area contributed by atoms with Gasteiger partial charge in [0.25, 0.3) is 11.6 Å². The third-order valence-corrected chi connectivity index (χ3v) is 5.98. The van der Waals surface area contributed by atoms with Crippen molar-refractivity contribution >= 4 is 11.6 Å². The molecule has 0 radical (unpaired) electrons. The highest BCUT2D eigenvalue weighted by Gasteiger charge is 2.65. The van der Waals surface area contributed by atoms with E-state index in [4.69, 9.17) is 23.7 Å². The summed E-state index contributed by atoms with van der Waals surface area (Å²) in [6.45, 7) is 0. The van der Waals surface area contributed by atoms with E-state index >= 15 is 0 Å². The predicted octanol–water partition coefficient (Wildman–Crippen LogP) is 2.86. The highest BCUT2D eigenvalue weighted by atomic mass is 16.8. The molecule has 0 aromatic heterocycles. The van der Waals surface area contributed by atoms with Crippen LogP contribution in [0.25, 0.3) is 0 Å². The zero-order valence-corrected chi connectivity index (χ0v) is 15.7. The molecule has 2 aromatic rings. The first-order valence-electron chi connectivity index (χ1n) is 9.26. The van der Waals surface area contributed by atoms with Crippen molar-refractivity contribution in [3.8, 4) is 17.2 Å². The van der Waals surface area contributed by atoms with Gasteiger partial charge in [0.05, 0.1) is 23.8 Å². The zero-order chi connectivity index (χ0) is 20.0. The molecule has 6 rings (SSSR count). The van der Waals surface area contributed by atoms with E-state index < -0.39 is 17.7 Å². The Hall–Kier alpha value is -3.16. The van der Waals surface area contributed by atoms with Gasteiger partial charge in [-0.05, 0) is 30.4 Å². The number of ketones is 2. The number of Topliss-reactive ketones (excluding diaryl/α,β-unsaturated/α-hetero) is 1. The summed E-state index contributed by atoms with van der Waals surface area (Å²) in [4.78, 5) is 25.4. The third kappa shape index (κ3) is 1.84. The number of carbonyl (C=O) groups is 2. The standard InChI is InChI=1S/C22H16O7/c1-25-14-6-7-16-20-18(14)12(23)8-9-21(20)27-15-5-3-4-11-13(24)10-17(26-2)22(28-16,29-21)19(11)15/h3-9,17H,10H2,1-2H3/t17-,21-,22-/m1/s1. The Labute approximate surface area is 165 Å². The molecule has 29 heavy (non-hydrogen) atoms. The highest BCUT2D eigenvalue weighted by Crippen LogP contribution is 2.60. The Bertz CT molecular complexity index is 1150. The van der Waals surface area contributed by atoms with Crippen LogP contribution in [-0.2, 0) is 21.0 Å². The predicted molar refractivity (Wildman–Crippen MR) is 98.3 cm³/mol. The van der Waals surface area contributed by atoms with Gasteiger partial charge < -0.3 is 18.9 Å². The van der Waals surface area contributed by atoms with Crippen molar-refractivity contribution in [3.63, 3.8) is 0 Å². The lowest BCUT2D eigenvalue weighted by molar-refractivity contribution is -0.369. The van der Waals surface area contributed by atoms with Gasteiger partial charge in [-0.25, -0.2) is 0 Å². The fraction of sp³-hybridized carbons (Fsp3) is 0.273. The van der Waals surface area contributed by atoms with Crippen LogP contribution in [0.3, 0.4) is 0 Å². The summed E-state index contributed by atoms with van der Waals surface area (Å²) in [7, 11) is 3.02. The molecule has 7 nitrogen and oxygen atoms in total. The molecule has 2 spiro atoms. The van der Waals surface area contributed by atoms with Crippen molar-refractivity contribution in [2.75, 3.05) is 14.2 Å². The van der Waals surface area contributed by atoms with E-state index in [0.717, 1.165) is 0 Å². The molecule has 4 aliphatic rings. The number of hydrogen-bond acceptors (Lipinski definition) is 7.